The molecule has 0 bridgehead atoms. The van der Waals surface area contributed by atoms with Gasteiger partial charge in [0.2, 0.25) is 7.28 Å². The van der Waals surface area contributed by atoms with Crippen LogP contribution in [0.4, 0.5) is 17.1 Å². The highest BCUT2D eigenvalue weighted by Crippen LogP contribution is 2.57. The van der Waals surface area contributed by atoms with Crippen molar-refractivity contribution in [3.05, 3.63) is 136 Å². The van der Waals surface area contributed by atoms with Gasteiger partial charge in [-0.1, -0.05) is 147 Å². The molecule has 8 aromatic rings. The molecule has 0 saturated heterocycles. The van der Waals surface area contributed by atoms with Crippen molar-refractivity contribution in [2.24, 2.45) is 0 Å². The molecule has 0 spiro atoms. The van der Waals surface area contributed by atoms with Crippen molar-refractivity contribution < 1.29 is 4.42 Å². The van der Waals surface area contributed by atoms with Crippen molar-refractivity contribution in [3.8, 4) is 22.3 Å². The third kappa shape index (κ3) is 6.38. The third-order valence-corrected chi connectivity index (χ3v) is 18.1. The molecular formula is C65H72BN2O. The van der Waals surface area contributed by atoms with Gasteiger partial charge in [-0.05, 0) is 179 Å². The lowest BCUT2D eigenvalue weighted by molar-refractivity contribution is 0.332. The van der Waals surface area contributed by atoms with E-state index in [0.29, 0.717) is 0 Å². The number of nitrogens with zero attached hydrogens (tertiary/aromatic N) is 1. The highest BCUT2D eigenvalue weighted by Gasteiger charge is 2.45. The Labute approximate surface area is 412 Å². The molecule has 0 atom stereocenters. The maximum atomic E-state index is 7.39. The Hall–Kier alpha value is -5.48. The van der Waals surface area contributed by atoms with Gasteiger partial charge in [0.1, 0.15) is 5.58 Å². The number of hydrogen-bond acceptors (Lipinski definition) is 2. The van der Waals surface area contributed by atoms with E-state index in [-0.39, 0.29) is 37.9 Å². The smallest absolute Gasteiger partial charge is 0.247 e. The maximum absolute atomic E-state index is 7.39. The Morgan fingerprint density at radius 1 is 0.522 bits per heavy atom. The zero-order chi connectivity index (χ0) is 48.9. The minimum Gasteiger partial charge on any atom is -0.469 e. The summed E-state index contributed by atoms with van der Waals surface area (Å²) in [5.41, 5.74) is 25.3. The third-order valence-electron chi connectivity index (χ3n) is 18.1. The molecule has 0 saturated carbocycles. The van der Waals surface area contributed by atoms with Crippen LogP contribution in [0.1, 0.15) is 181 Å². The second-order valence-corrected chi connectivity index (χ2v) is 27.1. The Morgan fingerprint density at radius 3 is 1.80 bits per heavy atom. The number of benzene rings is 6. The summed E-state index contributed by atoms with van der Waals surface area (Å²) in [5, 5.41) is 3.76. The van der Waals surface area contributed by atoms with Crippen LogP contribution in [0.15, 0.2) is 95.4 Å². The number of anilines is 3. The molecule has 12 rings (SSSR count). The molecule has 1 radical (unpaired) electrons. The first-order valence-corrected chi connectivity index (χ1v) is 26.0. The summed E-state index contributed by atoms with van der Waals surface area (Å²) in [6.07, 6.45) is 4.65. The van der Waals surface area contributed by atoms with Crippen LogP contribution in [0, 0.1) is 0 Å². The van der Waals surface area contributed by atoms with Crippen LogP contribution in [0.2, 0.25) is 0 Å². The number of H-pyrrole nitrogens is 1. The predicted molar refractivity (Wildman–Crippen MR) is 296 cm³/mol. The van der Waals surface area contributed by atoms with Crippen LogP contribution in [0.5, 0.6) is 0 Å². The largest absolute Gasteiger partial charge is 0.469 e. The van der Waals surface area contributed by atoms with Crippen molar-refractivity contribution >= 4 is 68.2 Å². The highest BCUT2D eigenvalue weighted by atomic mass is 16.3. The molecule has 6 aromatic carbocycles. The second kappa shape index (κ2) is 13.9. The zero-order valence-corrected chi connectivity index (χ0v) is 44.4. The first-order chi connectivity index (χ1) is 32.2. The van der Waals surface area contributed by atoms with Crippen LogP contribution in [-0.2, 0) is 37.9 Å². The van der Waals surface area contributed by atoms with Gasteiger partial charge in [-0.2, -0.15) is 0 Å². The summed E-state index contributed by atoms with van der Waals surface area (Å²) in [4.78, 5) is 6.71. The molecule has 351 valence electrons. The van der Waals surface area contributed by atoms with Crippen LogP contribution in [0.25, 0.3) is 55.0 Å². The van der Waals surface area contributed by atoms with Gasteiger partial charge in [-0.3, -0.25) is 0 Å². The fourth-order valence-electron chi connectivity index (χ4n) is 13.3. The molecule has 0 fully saturated rings. The van der Waals surface area contributed by atoms with E-state index in [1.807, 2.05) is 0 Å². The van der Waals surface area contributed by atoms with Gasteiger partial charge in [0, 0.05) is 44.0 Å². The van der Waals surface area contributed by atoms with Crippen LogP contribution < -0.4 is 16.0 Å². The summed E-state index contributed by atoms with van der Waals surface area (Å²) < 4.78 is 7.39. The molecule has 0 amide bonds. The fraction of sp³-hybridized carbons (Fsp3) is 0.415. The van der Waals surface area contributed by atoms with Crippen LogP contribution >= 0.6 is 0 Å². The predicted octanol–water partition coefficient (Wildman–Crippen LogP) is 16.8. The molecule has 3 heterocycles. The van der Waals surface area contributed by atoms with Crippen molar-refractivity contribution in [1.82, 2.24) is 4.98 Å². The lowest BCUT2D eigenvalue weighted by Gasteiger charge is -2.43. The number of furan rings is 1. The Balaban J connectivity index is 1.24. The minimum absolute atomic E-state index is 0.0199. The van der Waals surface area contributed by atoms with Crippen LogP contribution in [0.3, 0.4) is 0 Å². The van der Waals surface area contributed by atoms with Crippen LogP contribution in [-0.4, -0.2) is 12.3 Å². The average molecular weight is 908 g/mol. The topological polar surface area (TPSA) is 32.2 Å². The number of fused-ring (bicyclic) bond motifs is 12. The molecule has 3 aliphatic carbocycles. The number of aromatic nitrogens is 1. The van der Waals surface area contributed by atoms with Crippen molar-refractivity contribution in [2.75, 3.05) is 4.90 Å². The van der Waals surface area contributed by atoms with Crippen molar-refractivity contribution in [2.45, 2.75) is 174 Å². The van der Waals surface area contributed by atoms with Crippen molar-refractivity contribution in [3.63, 3.8) is 0 Å². The van der Waals surface area contributed by atoms with E-state index in [1.54, 1.807) is 0 Å². The van der Waals surface area contributed by atoms with Gasteiger partial charge >= 0.3 is 0 Å². The summed E-state index contributed by atoms with van der Waals surface area (Å²) in [7, 11) is 2.43. The second-order valence-electron chi connectivity index (χ2n) is 27.1. The highest BCUT2D eigenvalue weighted by molar-refractivity contribution is 6.73. The van der Waals surface area contributed by atoms with Gasteiger partial charge in [0.15, 0.2) is 0 Å². The molecule has 4 aliphatic rings. The minimum atomic E-state index is -0.251. The SMILES string of the molecule is CC(C)(C)c1ccc2[nH]c3c(-c4c5c(cc6c4-c4ccccc4C6(C)C)N(c4ccc6c(c4)C(C)(C)CCC6(C)C)c4c(oc6cc7c(cc46)C(C)(C)CCC7(C)C)[B]5)cc(C(C)(C)C)cc3c2c1. The Bertz CT molecular complexity index is 3530. The summed E-state index contributed by atoms with van der Waals surface area (Å²) in [5.74, 6) is 0. The van der Waals surface area contributed by atoms with Crippen molar-refractivity contribution in [1.29, 1.82) is 0 Å². The summed E-state index contributed by atoms with van der Waals surface area (Å²) >= 11 is 0. The van der Waals surface area contributed by atoms with E-state index in [0.717, 1.165) is 36.2 Å². The van der Waals surface area contributed by atoms with Gasteiger partial charge in [0.05, 0.1) is 16.9 Å². The lowest BCUT2D eigenvalue weighted by atomic mass is 9.59. The molecule has 69 heavy (non-hydrogen) atoms. The quantitative estimate of drug-likeness (QED) is 0.175. The zero-order valence-electron chi connectivity index (χ0n) is 44.4. The van der Waals surface area contributed by atoms with Gasteiger partial charge < -0.3 is 14.3 Å². The Kier molecular flexibility index (Phi) is 9.00. The van der Waals surface area contributed by atoms with E-state index in [4.69, 9.17) is 4.42 Å². The van der Waals surface area contributed by atoms with Gasteiger partial charge in [-0.15, -0.1) is 0 Å². The fourth-order valence-corrected chi connectivity index (χ4v) is 13.3. The number of hydrogen-bond donors (Lipinski definition) is 1. The van der Waals surface area contributed by atoms with Gasteiger partial charge in [-0.25, -0.2) is 0 Å². The first-order valence-electron chi connectivity index (χ1n) is 26.0. The molecule has 1 aliphatic heterocycles. The summed E-state index contributed by atoms with van der Waals surface area (Å²) in [6, 6.07) is 36.3. The van der Waals surface area contributed by atoms with E-state index in [2.05, 4.69) is 219 Å². The average Bonchev–Trinajstić information content (AvgIpc) is 3.91. The van der Waals surface area contributed by atoms with E-state index in [1.165, 1.54) is 117 Å². The molecule has 2 aromatic heterocycles. The molecule has 4 heteroatoms. The van der Waals surface area contributed by atoms with E-state index in [9.17, 15) is 0 Å². The normalized spacial score (nSPS) is 19.2. The van der Waals surface area contributed by atoms with E-state index >= 15 is 0 Å². The maximum Gasteiger partial charge on any atom is 0.247 e. The first kappa shape index (κ1) is 44.7. The molecule has 1 N–H and O–H groups in total. The Morgan fingerprint density at radius 2 is 1.13 bits per heavy atom. The number of nitrogens with one attached hydrogen (secondary N) is 1. The number of rotatable bonds is 2. The standard InChI is InChI=1S/C65H72BN2O/c1-59(2,3)36-21-24-50-40(29-36)41-30-37(60(4,5)6)31-43(56(41)67-50)54-53-39-19-17-18-20-44(39)65(15,16)49(53)34-51-55(54)66-58-57(42-33-47-48(35-52(42)69-58)64(13,14)28-27-63(47,11)12)68(51)38-22-23-45-46(32-38)62(9,10)26-25-61(45,7)8/h17-24,29-35,67H,25-28H2,1-16H3. The summed E-state index contributed by atoms with van der Waals surface area (Å²) in [6.45, 7) is 38.5. The lowest BCUT2D eigenvalue weighted by Crippen LogP contribution is -2.41. The van der Waals surface area contributed by atoms with E-state index < -0.39 is 0 Å². The molecule has 3 nitrogen and oxygen atoms in total. The monoisotopic (exact) mass is 908 g/mol. The molecule has 0 unspecified atom stereocenters. The molecular weight excluding hydrogens is 836 g/mol. The number of aromatic amines is 1. The van der Waals surface area contributed by atoms with Gasteiger partial charge in [0.25, 0.3) is 0 Å².